The van der Waals surface area contributed by atoms with Crippen LogP contribution in [0.2, 0.25) is 0 Å². The van der Waals surface area contributed by atoms with Gasteiger partial charge >= 0.3 is 0 Å². The van der Waals surface area contributed by atoms with Crippen LogP contribution >= 0.6 is 0 Å². The van der Waals surface area contributed by atoms with Crippen molar-refractivity contribution in [3.05, 3.63) is 72.0 Å². The Labute approximate surface area is 203 Å². The highest BCUT2D eigenvalue weighted by Crippen LogP contribution is 2.36. The number of anilines is 2. The van der Waals surface area contributed by atoms with Gasteiger partial charge in [-0.05, 0) is 68.6 Å². The van der Waals surface area contributed by atoms with Crippen LogP contribution in [0.3, 0.4) is 0 Å². The molecule has 178 valence electrons. The predicted octanol–water partition coefficient (Wildman–Crippen LogP) is 5.81. The fourth-order valence-electron chi connectivity index (χ4n) is 5.08. The van der Waals surface area contributed by atoms with E-state index in [1.165, 1.54) is 11.1 Å². The molecule has 2 aromatic carbocycles. The molecule has 3 heterocycles. The van der Waals surface area contributed by atoms with Crippen molar-refractivity contribution >= 4 is 23.5 Å². The Morgan fingerprint density at radius 2 is 1.94 bits per heavy atom. The molecular weight excluding hydrogens is 422 g/mol. The van der Waals surface area contributed by atoms with E-state index in [0.717, 1.165) is 73.0 Å². The Morgan fingerprint density at radius 3 is 2.74 bits per heavy atom. The van der Waals surface area contributed by atoms with Crippen molar-refractivity contribution in [3.63, 3.8) is 0 Å². The van der Waals surface area contributed by atoms with Gasteiger partial charge in [0.15, 0.2) is 11.5 Å². The monoisotopic (exact) mass is 457 g/mol. The fourth-order valence-corrected chi connectivity index (χ4v) is 5.08. The number of nitrogens with zero attached hydrogens (tertiary/aromatic N) is 1. The zero-order valence-electron chi connectivity index (χ0n) is 20.1. The van der Waals surface area contributed by atoms with Crippen molar-refractivity contribution in [1.82, 2.24) is 4.90 Å². The van der Waals surface area contributed by atoms with E-state index in [9.17, 15) is 0 Å². The third-order valence-corrected chi connectivity index (χ3v) is 7.12. The lowest BCUT2D eigenvalue weighted by Crippen LogP contribution is -2.36. The van der Waals surface area contributed by atoms with Crippen LogP contribution in [0.5, 0.6) is 11.5 Å². The van der Waals surface area contributed by atoms with Crippen molar-refractivity contribution < 1.29 is 9.47 Å². The zero-order chi connectivity index (χ0) is 23.5. The van der Waals surface area contributed by atoms with Gasteiger partial charge < -0.3 is 25.0 Å². The molecule has 34 heavy (non-hydrogen) atoms. The number of fused-ring (bicyclic) bond motifs is 2. The maximum absolute atomic E-state index is 5.73. The lowest BCUT2D eigenvalue weighted by Gasteiger charge is -2.34. The topological polar surface area (TPSA) is 45.8 Å². The molecule has 0 amide bonds. The van der Waals surface area contributed by atoms with Gasteiger partial charge in [0.25, 0.3) is 0 Å². The number of rotatable bonds is 7. The first-order valence-electron chi connectivity index (χ1n) is 12.4. The molecule has 2 aromatic rings. The van der Waals surface area contributed by atoms with Gasteiger partial charge in [0, 0.05) is 29.8 Å². The van der Waals surface area contributed by atoms with Gasteiger partial charge in [-0.1, -0.05) is 43.5 Å². The molecule has 0 bridgehead atoms. The molecule has 0 saturated carbocycles. The summed E-state index contributed by atoms with van der Waals surface area (Å²) in [6.45, 7) is 15.1. The van der Waals surface area contributed by atoms with Gasteiger partial charge in [0.2, 0.25) is 0 Å². The Balaban J connectivity index is 1.15. The van der Waals surface area contributed by atoms with E-state index in [-0.39, 0.29) is 0 Å². The second-order valence-corrected chi connectivity index (χ2v) is 9.48. The van der Waals surface area contributed by atoms with Crippen molar-refractivity contribution in [1.29, 1.82) is 0 Å². The van der Waals surface area contributed by atoms with Gasteiger partial charge in [-0.2, -0.15) is 0 Å². The molecule has 1 unspecified atom stereocenters. The lowest BCUT2D eigenvalue weighted by molar-refractivity contribution is 0.171. The maximum atomic E-state index is 5.73. The van der Waals surface area contributed by atoms with Gasteiger partial charge in [0.05, 0.1) is 11.4 Å². The third kappa shape index (κ3) is 4.85. The summed E-state index contributed by atoms with van der Waals surface area (Å²) in [5.41, 5.74) is 7.01. The number of hydrogen-bond acceptors (Lipinski definition) is 5. The van der Waals surface area contributed by atoms with Crippen LogP contribution in [0.4, 0.5) is 11.4 Å². The normalized spacial score (nSPS) is 19.7. The number of piperidine rings is 1. The Morgan fingerprint density at radius 1 is 1.15 bits per heavy atom. The summed E-state index contributed by atoms with van der Waals surface area (Å²) >= 11 is 0. The Bertz CT molecular complexity index is 1100. The Hall–Kier alpha value is -3.18. The van der Waals surface area contributed by atoms with Crippen LogP contribution in [0.1, 0.15) is 36.5 Å². The summed E-state index contributed by atoms with van der Waals surface area (Å²) in [6, 6.07) is 10.9. The molecule has 0 aliphatic carbocycles. The number of likely N-dealkylation sites (tertiary alicyclic amines) is 1. The summed E-state index contributed by atoms with van der Waals surface area (Å²) in [5, 5.41) is 7.25. The van der Waals surface area contributed by atoms with Crippen LogP contribution in [0.25, 0.3) is 12.2 Å². The molecular formula is C29H35N3O2. The van der Waals surface area contributed by atoms with Crippen LogP contribution in [-0.4, -0.2) is 43.8 Å². The van der Waals surface area contributed by atoms with Crippen molar-refractivity contribution in [2.75, 3.05) is 43.5 Å². The molecule has 1 atom stereocenters. The summed E-state index contributed by atoms with van der Waals surface area (Å²) in [6.07, 6.45) is 9.59. The van der Waals surface area contributed by atoms with Gasteiger partial charge in [0.1, 0.15) is 13.2 Å². The van der Waals surface area contributed by atoms with E-state index in [0.29, 0.717) is 25.2 Å². The van der Waals surface area contributed by atoms with Crippen LogP contribution < -0.4 is 20.1 Å². The predicted molar refractivity (Wildman–Crippen MR) is 142 cm³/mol. The first-order valence-corrected chi connectivity index (χ1v) is 12.4. The summed E-state index contributed by atoms with van der Waals surface area (Å²) in [4.78, 5) is 2.56. The minimum Gasteiger partial charge on any atom is -0.486 e. The third-order valence-electron chi connectivity index (χ3n) is 7.12. The van der Waals surface area contributed by atoms with Gasteiger partial charge in [-0.15, -0.1) is 0 Å². The number of ether oxygens (including phenoxy) is 2. The number of hydrogen-bond donors (Lipinski definition) is 2. The molecule has 3 aliphatic rings. The summed E-state index contributed by atoms with van der Waals surface area (Å²) < 4.78 is 11.4. The van der Waals surface area contributed by atoms with E-state index in [2.05, 4.69) is 72.0 Å². The van der Waals surface area contributed by atoms with Crippen LogP contribution in [-0.2, 0) is 6.42 Å². The quantitative estimate of drug-likeness (QED) is 0.550. The summed E-state index contributed by atoms with van der Waals surface area (Å²) in [5.74, 6) is 2.23. The van der Waals surface area contributed by atoms with E-state index >= 15 is 0 Å². The standard InChI is InChI=1S/C29H35N3O2/c1-4-23-7-9-26(29-25(23)8-5-20(2)30-29)31-21(3)24-12-15-32(16-13-24)14-11-22-6-10-27-28(19-22)34-18-17-33-27/h4-10,19-20,24,30-31H,1,3,11-18H2,2H3. The van der Waals surface area contributed by atoms with Crippen molar-refractivity contribution in [3.8, 4) is 11.5 Å². The van der Waals surface area contributed by atoms with Gasteiger partial charge in [-0.3, -0.25) is 0 Å². The minimum absolute atomic E-state index is 0.304. The number of nitrogens with one attached hydrogen (secondary N) is 2. The average Bonchev–Trinajstić information content (AvgIpc) is 2.88. The van der Waals surface area contributed by atoms with E-state index in [4.69, 9.17) is 9.47 Å². The molecule has 0 radical (unpaired) electrons. The highest BCUT2D eigenvalue weighted by Gasteiger charge is 2.23. The minimum atomic E-state index is 0.304. The molecule has 5 heteroatoms. The molecule has 0 aromatic heterocycles. The first kappa shape index (κ1) is 22.6. The second kappa shape index (κ2) is 9.98. The molecule has 5 nitrogen and oxygen atoms in total. The SMILES string of the molecule is C=Cc1ccc(NC(=C)C2CCN(CCc3ccc4c(c3)OCCO4)CC2)c2c1C=CC(C)N2. The van der Waals surface area contributed by atoms with E-state index in [1.54, 1.807) is 0 Å². The fraction of sp³-hybridized carbons (Fsp3) is 0.379. The molecule has 2 N–H and O–H groups in total. The van der Waals surface area contributed by atoms with E-state index in [1.807, 2.05) is 12.1 Å². The highest BCUT2D eigenvalue weighted by atomic mass is 16.6. The lowest BCUT2D eigenvalue weighted by atomic mass is 9.93. The first-order chi connectivity index (χ1) is 16.6. The smallest absolute Gasteiger partial charge is 0.161 e. The molecule has 5 rings (SSSR count). The van der Waals surface area contributed by atoms with E-state index < -0.39 is 0 Å². The maximum Gasteiger partial charge on any atom is 0.161 e. The van der Waals surface area contributed by atoms with Gasteiger partial charge in [-0.25, -0.2) is 0 Å². The van der Waals surface area contributed by atoms with Crippen molar-refractivity contribution in [2.24, 2.45) is 5.92 Å². The molecule has 0 spiro atoms. The summed E-state index contributed by atoms with van der Waals surface area (Å²) in [7, 11) is 0. The average molecular weight is 458 g/mol. The van der Waals surface area contributed by atoms with Crippen LogP contribution in [0, 0.1) is 5.92 Å². The molecule has 3 aliphatic heterocycles. The highest BCUT2D eigenvalue weighted by molar-refractivity contribution is 5.87. The largest absolute Gasteiger partial charge is 0.486 e. The number of allylic oxidation sites excluding steroid dienone is 1. The zero-order valence-corrected chi connectivity index (χ0v) is 20.1. The molecule has 1 fully saturated rings. The number of benzene rings is 2. The molecule has 1 saturated heterocycles. The second-order valence-electron chi connectivity index (χ2n) is 9.48. The Kier molecular flexibility index (Phi) is 6.63. The van der Waals surface area contributed by atoms with Crippen LogP contribution in [0.15, 0.2) is 55.3 Å². The van der Waals surface area contributed by atoms with Crippen molar-refractivity contribution in [2.45, 2.75) is 32.2 Å².